The van der Waals surface area contributed by atoms with Crippen LogP contribution in [0.2, 0.25) is 5.02 Å². The summed E-state index contributed by atoms with van der Waals surface area (Å²) >= 11 is 12.5. The molecule has 2 atom stereocenters. The number of ether oxygens (including phenoxy) is 1. The molecule has 3 aliphatic rings. The monoisotopic (exact) mass is 708 g/mol. The van der Waals surface area contributed by atoms with Crippen LogP contribution in [0, 0.1) is 0 Å². The zero-order valence-corrected chi connectivity index (χ0v) is 29.4. The summed E-state index contributed by atoms with van der Waals surface area (Å²) < 4.78 is 7.24. The summed E-state index contributed by atoms with van der Waals surface area (Å²) in [6, 6.07) is 14.2. The number of carbonyl (C=O) groups excluding carboxylic acids is 2. The van der Waals surface area contributed by atoms with Crippen molar-refractivity contribution in [3.05, 3.63) is 87.2 Å². The largest absolute Gasteiger partial charge is 0.459 e. The third kappa shape index (κ3) is 8.38. The molecule has 0 aliphatic carbocycles. The number of nitrogens with one attached hydrogen (secondary N) is 3. The van der Waals surface area contributed by atoms with Crippen molar-refractivity contribution in [2.24, 2.45) is 0 Å². The van der Waals surface area contributed by atoms with Gasteiger partial charge in [0, 0.05) is 48.5 Å². The van der Waals surface area contributed by atoms with E-state index in [1.807, 2.05) is 49.9 Å². The summed E-state index contributed by atoms with van der Waals surface area (Å²) in [5.41, 5.74) is 8.74. The standard InChI is InChI=1S/C35H42Cl2N8O4/c1-35(2,3)49-33(47)21-42-14-15-43-25-9-7-8-23(16-25)28(10-5-4-6-13-38-34(48)30(43)19-42)44-22-39-27(18-32(44)46)26-17-24(36)11-12-29(26)45-20-31(37)40-41-45/h7-9,11-12,16-18,20,22,28,30,40-41H,4-6,10,13-15,19,21H2,1-3H3,(H,38,48)/t28-,30+/m0/s1. The topological polar surface area (TPSA) is 124 Å². The molecule has 0 spiro atoms. The van der Waals surface area contributed by atoms with E-state index in [0.29, 0.717) is 47.6 Å². The van der Waals surface area contributed by atoms with Gasteiger partial charge in [0.25, 0.3) is 5.56 Å². The van der Waals surface area contributed by atoms with Gasteiger partial charge in [-0.1, -0.05) is 48.2 Å². The number of anilines is 2. The Morgan fingerprint density at radius 1 is 1.02 bits per heavy atom. The van der Waals surface area contributed by atoms with E-state index in [-0.39, 0.29) is 30.0 Å². The summed E-state index contributed by atoms with van der Waals surface area (Å²) in [6.45, 7) is 7.75. The van der Waals surface area contributed by atoms with Gasteiger partial charge in [-0.25, -0.2) is 4.98 Å². The lowest BCUT2D eigenvalue weighted by atomic mass is 9.98. The van der Waals surface area contributed by atoms with Crippen LogP contribution < -0.4 is 31.7 Å². The van der Waals surface area contributed by atoms with Crippen molar-refractivity contribution >= 4 is 46.5 Å². The van der Waals surface area contributed by atoms with Crippen molar-refractivity contribution in [1.82, 2.24) is 30.7 Å². The smallest absolute Gasteiger partial charge is 0.320 e. The molecule has 2 aromatic carbocycles. The van der Waals surface area contributed by atoms with Crippen LogP contribution in [0.5, 0.6) is 0 Å². The third-order valence-corrected chi connectivity index (χ3v) is 9.21. The van der Waals surface area contributed by atoms with Crippen LogP contribution in [0.3, 0.4) is 0 Å². The normalized spacial score (nSPS) is 20.6. The first-order valence-corrected chi connectivity index (χ1v) is 17.4. The molecule has 260 valence electrons. The van der Waals surface area contributed by atoms with Gasteiger partial charge in [-0.05, 0) is 69.5 Å². The van der Waals surface area contributed by atoms with Crippen LogP contribution in [0.25, 0.3) is 11.3 Å². The first kappa shape index (κ1) is 34.8. The fourth-order valence-corrected chi connectivity index (χ4v) is 6.87. The maximum Gasteiger partial charge on any atom is 0.320 e. The lowest BCUT2D eigenvalue weighted by molar-refractivity contribution is -0.156. The van der Waals surface area contributed by atoms with E-state index in [1.165, 1.54) is 6.07 Å². The molecule has 4 heterocycles. The van der Waals surface area contributed by atoms with Gasteiger partial charge in [-0.15, -0.1) is 5.53 Å². The minimum atomic E-state index is -0.579. The fourth-order valence-electron chi connectivity index (χ4n) is 6.56. The number of amides is 1. The molecule has 6 rings (SSSR count). The average Bonchev–Trinajstić information content (AvgIpc) is 3.49. The van der Waals surface area contributed by atoms with Crippen molar-refractivity contribution in [2.45, 2.75) is 64.1 Å². The number of rotatable bonds is 5. The number of carbonyl (C=O) groups is 2. The zero-order chi connectivity index (χ0) is 34.7. The van der Waals surface area contributed by atoms with Crippen LogP contribution >= 0.6 is 23.2 Å². The molecule has 12 nitrogen and oxygen atoms in total. The van der Waals surface area contributed by atoms with E-state index in [2.05, 4.69) is 27.2 Å². The van der Waals surface area contributed by atoms with Gasteiger partial charge in [0.15, 0.2) is 0 Å². The van der Waals surface area contributed by atoms with Crippen molar-refractivity contribution in [1.29, 1.82) is 0 Å². The van der Waals surface area contributed by atoms with E-state index in [1.54, 1.807) is 34.2 Å². The summed E-state index contributed by atoms with van der Waals surface area (Å²) in [5, 5.41) is 5.75. The highest BCUT2D eigenvalue weighted by Crippen LogP contribution is 2.34. The summed E-state index contributed by atoms with van der Waals surface area (Å²) in [7, 11) is 0. The highest BCUT2D eigenvalue weighted by molar-refractivity contribution is 6.31. The maximum atomic E-state index is 13.9. The van der Waals surface area contributed by atoms with Crippen LogP contribution in [-0.2, 0) is 14.3 Å². The number of piperazine rings is 1. The highest BCUT2D eigenvalue weighted by Gasteiger charge is 2.34. The van der Waals surface area contributed by atoms with Crippen LogP contribution in [-0.4, -0.2) is 70.7 Å². The molecule has 2 bridgehead atoms. The lowest BCUT2D eigenvalue weighted by Gasteiger charge is -2.42. The molecule has 0 radical (unpaired) electrons. The Morgan fingerprint density at radius 3 is 2.61 bits per heavy atom. The van der Waals surface area contributed by atoms with Crippen molar-refractivity contribution in [3.63, 3.8) is 0 Å². The number of hydrogen-bond donors (Lipinski definition) is 3. The van der Waals surface area contributed by atoms with Gasteiger partial charge in [0.1, 0.15) is 16.8 Å². The Morgan fingerprint density at radius 2 is 1.86 bits per heavy atom. The highest BCUT2D eigenvalue weighted by atomic mass is 35.5. The Bertz CT molecular complexity index is 1790. The molecule has 3 N–H and O–H groups in total. The zero-order valence-electron chi connectivity index (χ0n) is 27.9. The molecule has 3 aliphatic heterocycles. The van der Waals surface area contributed by atoms with Gasteiger partial charge >= 0.3 is 5.97 Å². The number of hydrogen-bond acceptors (Lipinski definition) is 10. The van der Waals surface area contributed by atoms with Crippen molar-refractivity contribution < 1.29 is 14.3 Å². The van der Waals surface area contributed by atoms with Crippen LogP contribution in [0.1, 0.15) is 58.1 Å². The molecular formula is C35H42Cl2N8O4. The molecule has 1 fully saturated rings. The number of aromatic nitrogens is 2. The SMILES string of the molecule is CC(C)(C)OC(=O)CN1CCN2c3cccc(c3)[C@@H](n3cnc(-c4cc(Cl)ccc4N4C=C(Cl)NN4)cc3=O)CCCCCNC(=O)[C@H]2C1. The number of nitrogens with zero attached hydrogens (tertiary/aromatic N) is 5. The average molecular weight is 710 g/mol. The first-order chi connectivity index (χ1) is 23.4. The van der Waals surface area contributed by atoms with Crippen LogP contribution in [0.15, 0.2) is 71.0 Å². The van der Waals surface area contributed by atoms with Gasteiger partial charge in [-0.2, -0.15) is 0 Å². The van der Waals surface area contributed by atoms with Crippen molar-refractivity contribution in [3.8, 4) is 11.3 Å². The van der Waals surface area contributed by atoms with Crippen molar-refractivity contribution in [2.75, 3.05) is 42.6 Å². The van der Waals surface area contributed by atoms with E-state index in [9.17, 15) is 14.4 Å². The summed E-state index contributed by atoms with van der Waals surface area (Å²) in [6.07, 6.45) is 6.57. The number of fused-ring (bicyclic) bond motifs is 4. The second-order valence-electron chi connectivity index (χ2n) is 13.5. The molecule has 1 aromatic heterocycles. The number of esters is 1. The Hall–Kier alpha value is -4.10. The molecule has 3 aromatic rings. The fraction of sp³-hybridized carbons (Fsp3) is 0.429. The first-order valence-electron chi connectivity index (χ1n) is 16.6. The van der Waals surface area contributed by atoms with Gasteiger partial charge in [0.05, 0.1) is 36.5 Å². The number of halogens is 2. The molecule has 49 heavy (non-hydrogen) atoms. The Kier molecular flexibility index (Phi) is 10.5. The molecule has 14 heteroatoms. The molecule has 0 unspecified atom stereocenters. The molecule has 1 saturated heterocycles. The second kappa shape index (κ2) is 14.8. The molecular weight excluding hydrogens is 667 g/mol. The van der Waals surface area contributed by atoms with Gasteiger partial charge < -0.3 is 15.0 Å². The summed E-state index contributed by atoms with van der Waals surface area (Å²) in [4.78, 5) is 48.9. The predicted molar refractivity (Wildman–Crippen MR) is 191 cm³/mol. The Balaban J connectivity index is 1.30. The maximum absolute atomic E-state index is 13.9. The minimum absolute atomic E-state index is 0.0656. The number of benzene rings is 2. The van der Waals surface area contributed by atoms with Gasteiger partial charge in [0.2, 0.25) is 5.91 Å². The lowest BCUT2D eigenvalue weighted by Crippen LogP contribution is -2.60. The minimum Gasteiger partial charge on any atom is -0.459 e. The Labute approximate surface area is 295 Å². The third-order valence-electron chi connectivity index (χ3n) is 8.78. The van der Waals surface area contributed by atoms with E-state index < -0.39 is 11.6 Å². The molecule has 1 amide bonds. The molecule has 0 saturated carbocycles. The second-order valence-corrected chi connectivity index (χ2v) is 14.4. The number of hydrazine groups is 2. The predicted octanol–water partition coefficient (Wildman–Crippen LogP) is 4.54. The summed E-state index contributed by atoms with van der Waals surface area (Å²) in [5.74, 6) is -0.373. The van der Waals surface area contributed by atoms with Gasteiger partial charge in [-0.3, -0.25) is 34.3 Å². The van der Waals surface area contributed by atoms with E-state index in [4.69, 9.17) is 32.9 Å². The van der Waals surface area contributed by atoms with E-state index in [0.717, 1.165) is 42.6 Å². The quantitative estimate of drug-likeness (QED) is 0.257. The van der Waals surface area contributed by atoms with E-state index >= 15 is 0 Å². The van der Waals surface area contributed by atoms with Crippen LogP contribution in [0.4, 0.5) is 11.4 Å².